The first-order valence-electron chi connectivity index (χ1n) is 5.44. The van der Waals surface area contributed by atoms with Gasteiger partial charge in [-0.2, -0.15) is 13.1 Å². The molecule has 0 saturated carbocycles. The number of hydrogen-bond donors (Lipinski definition) is 3. The van der Waals surface area contributed by atoms with Crippen LogP contribution in [0.4, 0.5) is 0 Å². The lowest BCUT2D eigenvalue weighted by atomic mass is 10.1. The first-order valence-corrected chi connectivity index (χ1v) is 6.92. The summed E-state index contributed by atoms with van der Waals surface area (Å²) in [4.78, 5) is 0. The van der Waals surface area contributed by atoms with Crippen molar-refractivity contribution in [3.05, 3.63) is 35.4 Å². The molecule has 0 radical (unpaired) electrons. The smallest absolute Gasteiger partial charge is 0.276 e. The molecule has 0 amide bonds. The third-order valence-corrected chi connectivity index (χ3v) is 3.19. The number of aliphatic hydroxyl groups is 1. The average Bonchev–Trinajstić information content (AvgIpc) is 2.38. The minimum atomic E-state index is -3.42. The summed E-state index contributed by atoms with van der Waals surface area (Å²) in [5.74, 6) is 5.71. The Bertz CT molecular complexity index is 544. The Morgan fingerprint density at radius 3 is 2.83 bits per heavy atom. The Balaban J connectivity index is 2.69. The van der Waals surface area contributed by atoms with E-state index in [0.29, 0.717) is 6.42 Å². The molecule has 0 aliphatic carbocycles. The number of rotatable bonds is 5. The summed E-state index contributed by atoms with van der Waals surface area (Å²) in [7, 11) is -2.07. The van der Waals surface area contributed by atoms with Gasteiger partial charge in [0, 0.05) is 25.6 Å². The monoisotopic (exact) mass is 268 g/mol. The van der Waals surface area contributed by atoms with Crippen LogP contribution in [0.15, 0.2) is 24.3 Å². The molecule has 0 heterocycles. The Hall–Kier alpha value is -1.39. The molecule has 1 aromatic carbocycles. The first-order chi connectivity index (χ1) is 8.57. The molecule has 5 nitrogen and oxygen atoms in total. The summed E-state index contributed by atoms with van der Waals surface area (Å²) in [5, 5.41) is 8.61. The molecule has 0 aliphatic heterocycles. The second kappa shape index (κ2) is 7.13. The van der Waals surface area contributed by atoms with Gasteiger partial charge in [-0.1, -0.05) is 24.0 Å². The van der Waals surface area contributed by atoms with Gasteiger partial charge in [-0.3, -0.25) is 0 Å². The minimum Gasteiger partial charge on any atom is -0.395 e. The zero-order valence-corrected chi connectivity index (χ0v) is 10.9. The molecule has 0 aliphatic rings. The zero-order valence-electron chi connectivity index (χ0n) is 10.1. The number of benzene rings is 1. The van der Waals surface area contributed by atoms with Crippen molar-refractivity contribution in [2.75, 3.05) is 13.7 Å². The molecule has 1 aromatic rings. The van der Waals surface area contributed by atoms with Crippen LogP contribution in [0.2, 0.25) is 0 Å². The first kappa shape index (κ1) is 14.7. The fraction of sp³-hybridized carbons (Fsp3) is 0.333. The van der Waals surface area contributed by atoms with Gasteiger partial charge in [-0.25, -0.2) is 4.72 Å². The van der Waals surface area contributed by atoms with Crippen molar-refractivity contribution in [2.45, 2.75) is 13.0 Å². The SMILES string of the molecule is CNS(=O)(=O)NCc1cccc(C#CCCO)c1. The summed E-state index contributed by atoms with van der Waals surface area (Å²) >= 11 is 0. The van der Waals surface area contributed by atoms with Gasteiger partial charge in [0.1, 0.15) is 0 Å². The lowest BCUT2D eigenvalue weighted by molar-refractivity contribution is 0.305. The normalized spacial score (nSPS) is 10.8. The van der Waals surface area contributed by atoms with Crippen LogP contribution in [0.3, 0.4) is 0 Å². The molecule has 0 atom stereocenters. The average molecular weight is 268 g/mol. The maximum atomic E-state index is 11.2. The van der Waals surface area contributed by atoms with Gasteiger partial charge in [0.25, 0.3) is 10.2 Å². The molecule has 98 valence electrons. The predicted molar refractivity (Wildman–Crippen MR) is 69.8 cm³/mol. The molecule has 6 heteroatoms. The predicted octanol–water partition coefficient (Wildman–Crippen LogP) is -0.0257. The Labute approximate surface area is 107 Å². The zero-order chi connectivity index (χ0) is 13.4. The van der Waals surface area contributed by atoms with Crippen molar-refractivity contribution in [3.63, 3.8) is 0 Å². The highest BCUT2D eigenvalue weighted by molar-refractivity contribution is 7.87. The third-order valence-electron chi connectivity index (χ3n) is 2.13. The van der Waals surface area contributed by atoms with E-state index in [1.807, 2.05) is 24.3 Å². The van der Waals surface area contributed by atoms with Crippen LogP contribution in [-0.2, 0) is 16.8 Å². The van der Waals surface area contributed by atoms with Crippen molar-refractivity contribution in [1.82, 2.24) is 9.44 Å². The Kier molecular flexibility index (Phi) is 5.82. The highest BCUT2D eigenvalue weighted by atomic mass is 32.2. The lowest BCUT2D eigenvalue weighted by Gasteiger charge is -2.05. The Morgan fingerprint density at radius 1 is 1.39 bits per heavy atom. The van der Waals surface area contributed by atoms with E-state index in [9.17, 15) is 8.42 Å². The molecule has 0 fully saturated rings. The highest BCUT2D eigenvalue weighted by Crippen LogP contribution is 2.04. The van der Waals surface area contributed by atoms with Crippen LogP contribution in [0.5, 0.6) is 0 Å². The maximum Gasteiger partial charge on any atom is 0.276 e. The molecule has 0 spiro atoms. The molecular weight excluding hydrogens is 252 g/mol. The van der Waals surface area contributed by atoms with Crippen molar-refractivity contribution in [2.24, 2.45) is 0 Å². The van der Waals surface area contributed by atoms with E-state index in [1.165, 1.54) is 7.05 Å². The van der Waals surface area contributed by atoms with E-state index in [4.69, 9.17) is 5.11 Å². The molecule has 0 saturated heterocycles. The van der Waals surface area contributed by atoms with E-state index in [2.05, 4.69) is 21.3 Å². The van der Waals surface area contributed by atoms with Crippen LogP contribution < -0.4 is 9.44 Å². The van der Waals surface area contributed by atoms with Gasteiger partial charge >= 0.3 is 0 Å². The van der Waals surface area contributed by atoms with E-state index < -0.39 is 10.2 Å². The van der Waals surface area contributed by atoms with Gasteiger partial charge in [0.2, 0.25) is 0 Å². The molecule has 0 unspecified atom stereocenters. The number of aliphatic hydroxyl groups excluding tert-OH is 1. The fourth-order valence-corrected chi connectivity index (χ4v) is 1.73. The molecule has 0 bridgehead atoms. The fourth-order valence-electron chi connectivity index (χ4n) is 1.23. The number of hydrogen-bond acceptors (Lipinski definition) is 3. The lowest BCUT2D eigenvalue weighted by Crippen LogP contribution is -2.33. The largest absolute Gasteiger partial charge is 0.395 e. The van der Waals surface area contributed by atoms with Crippen molar-refractivity contribution >= 4 is 10.2 Å². The van der Waals surface area contributed by atoms with Crippen LogP contribution in [0, 0.1) is 11.8 Å². The van der Waals surface area contributed by atoms with Crippen LogP contribution >= 0.6 is 0 Å². The van der Waals surface area contributed by atoms with Gasteiger partial charge in [0.05, 0.1) is 6.61 Å². The van der Waals surface area contributed by atoms with Crippen molar-refractivity contribution < 1.29 is 13.5 Å². The van der Waals surface area contributed by atoms with Crippen molar-refractivity contribution in [3.8, 4) is 11.8 Å². The second-order valence-corrected chi connectivity index (χ2v) is 5.21. The molecule has 18 heavy (non-hydrogen) atoms. The molecule has 1 rings (SSSR count). The minimum absolute atomic E-state index is 0.0364. The summed E-state index contributed by atoms with van der Waals surface area (Å²) in [6.07, 6.45) is 0.427. The molecule has 0 aromatic heterocycles. The summed E-state index contributed by atoms with van der Waals surface area (Å²) in [6, 6.07) is 7.27. The van der Waals surface area contributed by atoms with Gasteiger partial charge in [-0.05, 0) is 17.7 Å². The van der Waals surface area contributed by atoms with Gasteiger partial charge in [0.15, 0.2) is 0 Å². The third kappa shape index (κ3) is 5.29. The van der Waals surface area contributed by atoms with E-state index in [-0.39, 0.29) is 13.2 Å². The van der Waals surface area contributed by atoms with E-state index >= 15 is 0 Å². The summed E-state index contributed by atoms with van der Waals surface area (Å²) in [6.45, 7) is 0.243. The van der Waals surface area contributed by atoms with Crippen molar-refractivity contribution in [1.29, 1.82) is 0 Å². The summed E-state index contributed by atoms with van der Waals surface area (Å²) < 4.78 is 26.9. The Morgan fingerprint density at radius 2 is 2.17 bits per heavy atom. The van der Waals surface area contributed by atoms with Crippen LogP contribution in [-0.4, -0.2) is 27.2 Å². The topological polar surface area (TPSA) is 78.4 Å². The van der Waals surface area contributed by atoms with Gasteiger partial charge < -0.3 is 5.11 Å². The van der Waals surface area contributed by atoms with Crippen LogP contribution in [0.25, 0.3) is 0 Å². The molecular formula is C12H16N2O3S. The van der Waals surface area contributed by atoms with Gasteiger partial charge in [-0.15, -0.1) is 0 Å². The maximum absolute atomic E-state index is 11.2. The summed E-state index contributed by atoms with van der Waals surface area (Å²) in [5.41, 5.74) is 1.62. The van der Waals surface area contributed by atoms with E-state index in [0.717, 1.165) is 11.1 Å². The number of nitrogens with one attached hydrogen (secondary N) is 2. The van der Waals surface area contributed by atoms with E-state index in [1.54, 1.807) is 0 Å². The van der Waals surface area contributed by atoms with Crippen LogP contribution in [0.1, 0.15) is 17.5 Å². The highest BCUT2D eigenvalue weighted by Gasteiger charge is 2.04. The molecule has 3 N–H and O–H groups in total. The standard InChI is InChI=1S/C12H16N2O3S/c1-13-18(16,17)14-10-12-7-4-6-11(9-12)5-2-3-8-15/h4,6-7,9,13-15H,3,8,10H2,1H3. The quantitative estimate of drug-likeness (QED) is 0.656. The second-order valence-electron chi connectivity index (χ2n) is 3.50.